The molecular formula is C20H14N2O6. The summed E-state index contributed by atoms with van der Waals surface area (Å²) >= 11 is 0. The summed E-state index contributed by atoms with van der Waals surface area (Å²) in [5.41, 5.74) is 6.35. The summed E-state index contributed by atoms with van der Waals surface area (Å²) in [7, 11) is 0. The molecule has 0 radical (unpaired) electrons. The zero-order chi connectivity index (χ0) is 20.2. The maximum atomic E-state index is 13.1. The van der Waals surface area contributed by atoms with Crippen LogP contribution in [0.25, 0.3) is 10.8 Å². The van der Waals surface area contributed by atoms with E-state index >= 15 is 0 Å². The van der Waals surface area contributed by atoms with E-state index in [9.17, 15) is 29.7 Å². The third kappa shape index (κ3) is 2.51. The van der Waals surface area contributed by atoms with Gasteiger partial charge in [-0.15, -0.1) is 0 Å². The molecule has 5 N–H and O–H groups in total. The molecule has 4 rings (SSSR count). The molecule has 3 aromatic rings. The van der Waals surface area contributed by atoms with Gasteiger partial charge in [0.05, 0.1) is 11.3 Å². The number of carboxylic acid groups (broad SMARTS) is 1. The lowest BCUT2D eigenvalue weighted by Gasteiger charge is -2.28. The van der Waals surface area contributed by atoms with Crippen LogP contribution in [-0.4, -0.2) is 33.1 Å². The molecule has 1 aliphatic rings. The second-order valence-electron chi connectivity index (χ2n) is 6.37. The largest absolute Gasteiger partial charge is 0.478 e. The fraction of sp³-hybridized carbons (Fsp3) is 0.0500. The minimum Gasteiger partial charge on any atom is -0.478 e. The van der Waals surface area contributed by atoms with Crippen LogP contribution < -0.4 is 10.6 Å². The van der Waals surface area contributed by atoms with E-state index in [0.29, 0.717) is 16.5 Å². The molecule has 0 spiro atoms. The fourth-order valence-electron chi connectivity index (χ4n) is 3.39. The Morgan fingerprint density at radius 1 is 0.964 bits per heavy atom. The summed E-state index contributed by atoms with van der Waals surface area (Å²) in [5, 5.41) is 29.2. The van der Waals surface area contributed by atoms with Gasteiger partial charge in [-0.25, -0.2) is 9.69 Å². The smallest absolute Gasteiger partial charge is 0.335 e. The second kappa shape index (κ2) is 6.15. The quantitative estimate of drug-likeness (QED) is 0.310. The Morgan fingerprint density at radius 2 is 1.64 bits per heavy atom. The summed E-state index contributed by atoms with van der Waals surface area (Å²) in [6, 6.07) is 11.3. The third-order valence-corrected chi connectivity index (χ3v) is 4.68. The van der Waals surface area contributed by atoms with Gasteiger partial charge >= 0.3 is 5.97 Å². The fourth-order valence-corrected chi connectivity index (χ4v) is 3.39. The number of aliphatic hydroxyl groups is 2. The van der Waals surface area contributed by atoms with Crippen molar-refractivity contribution in [2.45, 2.75) is 6.29 Å². The standard InChI is InChI=1S/C20H14N2O6/c21-15-5-4-14-16-12(15)2-1-3-13(16)17(23)22(18(14)24)11-7-9(19(25)26)6-10(8-11)20(27)28/h1-8,19,25-26H,21H2,(H,27,28). The number of amides is 2. The number of imide groups is 1. The lowest BCUT2D eigenvalue weighted by Crippen LogP contribution is -2.40. The summed E-state index contributed by atoms with van der Waals surface area (Å²) < 4.78 is 0. The Bertz CT molecular complexity index is 1160. The van der Waals surface area contributed by atoms with Crippen molar-refractivity contribution in [1.29, 1.82) is 0 Å². The average Bonchev–Trinajstić information content (AvgIpc) is 2.67. The number of hydrogen-bond acceptors (Lipinski definition) is 6. The van der Waals surface area contributed by atoms with Gasteiger partial charge in [-0.05, 0) is 36.4 Å². The molecule has 1 heterocycles. The number of hydrogen-bond donors (Lipinski definition) is 4. The lowest BCUT2D eigenvalue weighted by atomic mass is 9.92. The van der Waals surface area contributed by atoms with Crippen LogP contribution in [0.3, 0.4) is 0 Å². The van der Waals surface area contributed by atoms with Gasteiger partial charge in [0, 0.05) is 33.2 Å². The van der Waals surface area contributed by atoms with Crippen molar-refractivity contribution in [3.63, 3.8) is 0 Å². The summed E-state index contributed by atoms with van der Waals surface area (Å²) in [6.07, 6.45) is -1.97. The average molecular weight is 378 g/mol. The highest BCUT2D eigenvalue weighted by atomic mass is 16.5. The van der Waals surface area contributed by atoms with Crippen molar-refractivity contribution in [2.75, 3.05) is 10.6 Å². The number of nitrogen functional groups attached to an aromatic ring is 1. The molecule has 0 aromatic heterocycles. The first-order chi connectivity index (χ1) is 13.3. The first-order valence-electron chi connectivity index (χ1n) is 8.24. The summed E-state index contributed by atoms with van der Waals surface area (Å²) in [5.74, 6) is -2.65. The molecule has 140 valence electrons. The predicted molar refractivity (Wildman–Crippen MR) is 100 cm³/mol. The molecule has 3 aromatic carbocycles. The van der Waals surface area contributed by atoms with Crippen molar-refractivity contribution < 1.29 is 29.7 Å². The SMILES string of the molecule is Nc1ccc2c3c(cccc13)C(=O)N(c1cc(C(=O)O)cc(C(O)O)c1)C2=O. The van der Waals surface area contributed by atoms with E-state index in [4.69, 9.17) is 5.73 Å². The first kappa shape index (κ1) is 17.7. The monoisotopic (exact) mass is 378 g/mol. The number of anilines is 2. The van der Waals surface area contributed by atoms with Crippen LogP contribution in [0.15, 0.2) is 48.5 Å². The molecule has 28 heavy (non-hydrogen) atoms. The molecule has 0 fully saturated rings. The van der Waals surface area contributed by atoms with Crippen LogP contribution in [0.5, 0.6) is 0 Å². The van der Waals surface area contributed by atoms with Crippen molar-refractivity contribution in [3.05, 3.63) is 70.8 Å². The topological polar surface area (TPSA) is 141 Å². The van der Waals surface area contributed by atoms with Crippen LogP contribution >= 0.6 is 0 Å². The molecule has 0 bridgehead atoms. The van der Waals surface area contributed by atoms with Crippen molar-refractivity contribution in [3.8, 4) is 0 Å². The Kier molecular flexibility index (Phi) is 3.88. The highest BCUT2D eigenvalue weighted by Gasteiger charge is 2.35. The number of nitrogens with two attached hydrogens (primary N) is 1. The number of carbonyl (C=O) groups excluding carboxylic acids is 2. The van der Waals surface area contributed by atoms with Gasteiger partial charge in [0.15, 0.2) is 6.29 Å². The van der Waals surface area contributed by atoms with E-state index in [-0.39, 0.29) is 27.9 Å². The predicted octanol–water partition coefficient (Wildman–Crippen LogP) is 1.90. The Hall–Kier alpha value is -3.75. The first-order valence-corrected chi connectivity index (χ1v) is 8.24. The minimum absolute atomic E-state index is 0.0718. The Morgan fingerprint density at radius 3 is 2.29 bits per heavy atom. The number of aromatic carboxylic acids is 1. The van der Waals surface area contributed by atoms with Crippen molar-refractivity contribution in [1.82, 2.24) is 0 Å². The van der Waals surface area contributed by atoms with Crippen LogP contribution in [-0.2, 0) is 0 Å². The van der Waals surface area contributed by atoms with Gasteiger partial charge in [0.1, 0.15) is 0 Å². The van der Waals surface area contributed by atoms with Crippen LogP contribution in [0.4, 0.5) is 11.4 Å². The van der Waals surface area contributed by atoms with Crippen LogP contribution in [0.1, 0.15) is 42.9 Å². The molecule has 2 amide bonds. The van der Waals surface area contributed by atoms with Gasteiger partial charge in [0.2, 0.25) is 0 Å². The summed E-state index contributed by atoms with van der Waals surface area (Å²) in [6.45, 7) is 0. The number of carboxylic acids is 1. The van der Waals surface area contributed by atoms with E-state index in [0.717, 1.165) is 17.0 Å². The normalized spacial score (nSPS) is 13.5. The molecule has 8 nitrogen and oxygen atoms in total. The third-order valence-electron chi connectivity index (χ3n) is 4.68. The number of aliphatic hydroxyl groups excluding tert-OH is 1. The van der Waals surface area contributed by atoms with Gasteiger partial charge < -0.3 is 21.1 Å². The number of rotatable bonds is 3. The van der Waals surface area contributed by atoms with Crippen molar-refractivity contribution >= 4 is 39.9 Å². The van der Waals surface area contributed by atoms with Crippen molar-refractivity contribution in [2.24, 2.45) is 0 Å². The number of benzene rings is 3. The van der Waals surface area contributed by atoms with Gasteiger partial charge in [-0.2, -0.15) is 0 Å². The van der Waals surface area contributed by atoms with E-state index in [1.807, 2.05) is 0 Å². The highest BCUT2D eigenvalue weighted by molar-refractivity contribution is 6.36. The zero-order valence-electron chi connectivity index (χ0n) is 14.3. The van der Waals surface area contributed by atoms with Gasteiger partial charge in [-0.1, -0.05) is 12.1 Å². The van der Waals surface area contributed by atoms with Gasteiger partial charge in [-0.3, -0.25) is 9.59 Å². The molecule has 0 unspecified atom stereocenters. The lowest BCUT2D eigenvalue weighted by molar-refractivity contribution is -0.0425. The maximum absolute atomic E-state index is 13.1. The molecule has 8 heteroatoms. The zero-order valence-corrected chi connectivity index (χ0v) is 14.3. The molecule has 0 aliphatic carbocycles. The van der Waals surface area contributed by atoms with Gasteiger partial charge in [0.25, 0.3) is 11.8 Å². The Labute approximate surface area is 158 Å². The van der Waals surface area contributed by atoms with E-state index in [1.54, 1.807) is 24.3 Å². The molecule has 0 atom stereocenters. The number of carbonyl (C=O) groups is 3. The number of nitrogens with zero attached hydrogens (tertiary/aromatic N) is 1. The van der Waals surface area contributed by atoms with E-state index in [1.165, 1.54) is 12.1 Å². The maximum Gasteiger partial charge on any atom is 0.335 e. The molecule has 0 saturated carbocycles. The Balaban J connectivity index is 1.96. The van der Waals surface area contributed by atoms with Crippen LogP contribution in [0.2, 0.25) is 0 Å². The molecule has 1 aliphatic heterocycles. The molecular weight excluding hydrogens is 364 g/mol. The molecule has 0 saturated heterocycles. The minimum atomic E-state index is -1.97. The van der Waals surface area contributed by atoms with Crippen LogP contribution in [0, 0.1) is 0 Å². The van der Waals surface area contributed by atoms with E-state index in [2.05, 4.69) is 0 Å². The highest BCUT2D eigenvalue weighted by Crippen LogP contribution is 2.36. The second-order valence-corrected chi connectivity index (χ2v) is 6.37. The summed E-state index contributed by atoms with van der Waals surface area (Å²) in [4.78, 5) is 38.4. The van der Waals surface area contributed by atoms with E-state index < -0.39 is 24.1 Å².